The number of carbonyl (C=O) groups excluding carboxylic acids is 1. The van der Waals surface area contributed by atoms with Gasteiger partial charge in [0.05, 0.1) is 11.3 Å². The molecule has 0 heterocycles. The molecular weight excluding hydrogens is 257 g/mol. The maximum atomic E-state index is 12.5. The van der Waals surface area contributed by atoms with Crippen LogP contribution in [0.25, 0.3) is 0 Å². The van der Waals surface area contributed by atoms with E-state index in [-0.39, 0.29) is 24.8 Å². The molecule has 0 radical (unpaired) electrons. The molecule has 6 heteroatoms. The van der Waals surface area contributed by atoms with Gasteiger partial charge in [0.2, 0.25) is 5.91 Å². The van der Waals surface area contributed by atoms with Gasteiger partial charge in [0, 0.05) is 12.6 Å². The zero-order valence-corrected chi connectivity index (χ0v) is 10.9. The van der Waals surface area contributed by atoms with E-state index in [0.29, 0.717) is 19.4 Å². The van der Waals surface area contributed by atoms with Crippen molar-refractivity contribution in [1.82, 2.24) is 5.32 Å². The molecule has 0 unspecified atom stereocenters. The first-order valence-corrected chi connectivity index (χ1v) is 6.95. The first kappa shape index (κ1) is 14.6. The maximum Gasteiger partial charge on any atom is 0.391 e. The summed E-state index contributed by atoms with van der Waals surface area (Å²) in [6, 6.07) is -0.116. The van der Waals surface area contributed by atoms with Gasteiger partial charge in [-0.3, -0.25) is 4.79 Å². The van der Waals surface area contributed by atoms with Gasteiger partial charge in [-0.1, -0.05) is 6.42 Å². The highest BCUT2D eigenvalue weighted by molar-refractivity contribution is 5.84. The molecule has 2 fully saturated rings. The van der Waals surface area contributed by atoms with Crippen molar-refractivity contribution in [3.05, 3.63) is 0 Å². The van der Waals surface area contributed by atoms with Crippen LogP contribution >= 0.6 is 0 Å². The minimum Gasteiger partial charge on any atom is -0.353 e. The Morgan fingerprint density at radius 2 is 1.79 bits per heavy atom. The Balaban J connectivity index is 1.81. The Kier molecular flexibility index (Phi) is 4.08. The molecule has 110 valence electrons. The van der Waals surface area contributed by atoms with Crippen molar-refractivity contribution in [2.24, 2.45) is 17.1 Å². The molecule has 3 nitrogen and oxygen atoms in total. The number of nitrogens with two attached hydrogens (primary N) is 1. The van der Waals surface area contributed by atoms with E-state index in [1.807, 2.05) is 0 Å². The molecule has 2 saturated carbocycles. The van der Waals surface area contributed by atoms with E-state index in [2.05, 4.69) is 5.32 Å². The van der Waals surface area contributed by atoms with Gasteiger partial charge in [-0.25, -0.2) is 0 Å². The molecule has 1 amide bonds. The van der Waals surface area contributed by atoms with Crippen LogP contribution in [0.3, 0.4) is 0 Å². The minimum absolute atomic E-state index is 0.0586. The minimum atomic E-state index is -4.10. The van der Waals surface area contributed by atoms with Gasteiger partial charge in [0.25, 0.3) is 0 Å². The van der Waals surface area contributed by atoms with Crippen molar-refractivity contribution in [3.63, 3.8) is 0 Å². The first-order valence-electron chi connectivity index (χ1n) is 6.95. The molecule has 0 aromatic rings. The molecule has 0 bridgehead atoms. The molecule has 2 rings (SSSR count). The second-order valence-corrected chi connectivity index (χ2v) is 5.90. The SMILES string of the molecule is NCC1(C(=O)NC2CCC(C(F)(F)F)CC2)CCC1. The quantitative estimate of drug-likeness (QED) is 0.832. The van der Waals surface area contributed by atoms with E-state index in [9.17, 15) is 18.0 Å². The summed E-state index contributed by atoms with van der Waals surface area (Å²) < 4.78 is 37.6. The van der Waals surface area contributed by atoms with Crippen LogP contribution in [0.15, 0.2) is 0 Å². The fraction of sp³-hybridized carbons (Fsp3) is 0.923. The molecule has 19 heavy (non-hydrogen) atoms. The van der Waals surface area contributed by atoms with Crippen molar-refractivity contribution < 1.29 is 18.0 Å². The third-order valence-corrected chi connectivity index (χ3v) is 4.71. The predicted molar refractivity (Wildman–Crippen MR) is 65.3 cm³/mol. The summed E-state index contributed by atoms with van der Waals surface area (Å²) >= 11 is 0. The monoisotopic (exact) mass is 278 g/mol. The van der Waals surface area contributed by atoms with Crippen LogP contribution in [-0.2, 0) is 4.79 Å². The Bertz CT molecular complexity index is 326. The van der Waals surface area contributed by atoms with Gasteiger partial charge >= 0.3 is 6.18 Å². The standard InChI is InChI=1S/C13H21F3N2O/c14-13(15,16)9-2-4-10(5-3-9)18-11(19)12(8-17)6-1-7-12/h9-10H,1-8,17H2,(H,18,19). The number of amides is 1. The van der Waals surface area contributed by atoms with Crippen molar-refractivity contribution >= 4 is 5.91 Å². The summed E-state index contributed by atoms with van der Waals surface area (Å²) in [5, 5.41) is 2.90. The van der Waals surface area contributed by atoms with Crippen LogP contribution < -0.4 is 11.1 Å². The Labute approximate surface area is 111 Å². The summed E-state index contributed by atoms with van der Waals surface area (Å²) in [6.45, 7) is 0.330. The summed E-state index contributed by atoms with van der Waals surface area (Å²) in [5.74, 6) is -1.26. The van der Waals surface area contributed by atoms with Crippen LogP contribution in [0.5, 0.6) is 0 Å². The molecule has 0 aliphatic heterocycles. The van der Waals surface area contributed by atoms with E-state index in [1.54, 1.807) is 0 Å². The number of halogens is 3. The summed E-state index contributed by atoms with van der Waals surface area (Å²) in [7, 11) is 0. The van der Waals surface area contributed by atoms with Crippen molar-refractivity contribution in [2.45, 2.75) is 57.2 Å². The summed E-state index contributed by atoms with van der Waals surface area (Å²) in [4.78, 5) is 12.1. The topological polar surface area (TPSA) is 55.1 Å². The smallest absolute Gasteiger partial charge is 0.353 e. The van der Waals surface area contributed by atoms with Crippen LogP contribution in [0.2, 0.25) is 0 Å². The van der Waals surface area contributed by atoms with Crippen molar-refractivity contribution in [2.75, 3.05) is 6.54 Å². The predicted octanol–water partition coefficient (Wildman–Crippen LogP) is 2.35. The number of nitrogens with one attached hydrogen (secondary N) is 1. The van der Waals surface area contributed by atoms with Crippen LogP contribution in [0.1, 0.15) is 44.9 Å². The second-order valence-electron chi connectivity index (χ2n) is 5.90. The first-order chi connectivity index (χ1) is 8.87. The molecule has 3 N–H and O–H groups in total. The van der Waals surface area contributed by atoms with E-state index < -0.39 is 17.5 Å². The number of alkyl halides is 3. The Morgan fingerprint density at radius 3 is 2.16 bits per heavy atom. The van der Waals surface area contributed by atoms with Crippen molar-refractivity contribution in [3.8, 4) is 0 Å². The molecule has 0 atom stereocenters. The second kappa shape index (κ2) is 5.31. The van der Waals surface area contributed by atoms with Crippen LogP contribution in [-0.4, -0.2) is 24.7 Å². The van der Waals surface area contributed by atoms with Gasteiger partial charge in [0.15, 0.2) is 0 Å². The zero-order chi connectivity index (χ0) is 14.1. The summed E-state index contributed by atoms with van der Waals surface area (Å²) in [5.41, 5.74) is 5.20. The normalized spacial score (nSPS) is 30.5. The lowest BCUT2D eigenvalue weighted by molar-refractivity contribution is -0.182. The highest BCUT2D eigenvalue weighted by Gasteiger charge is 2.45. The largest absolute Gasteiger partial charge is 0.391 e. The molecular formula is C13H21F3N2O. The van der Waals surface area contributed by atoms with Crippen molar-refractivity contribution in [1.29, 1.82) is 0 Å². The van der Waals surface area contributed by atoms with Gasteiger partial charge in [-0.05, 0) is 38.5 Å². The number of carbonyl (C=O) groups is 1. The number of rotatable bonds is 3. The number of hydrogen-bond donors (Lipinski definition) is 2. The average molecular weight is 278 g/mol. The molecule has 0 aromatic carbocycles. The highest BCUT2D eigenvalue weighted by atomic mass is 19.4. The average Bonchev–Trinajstić information content (AvgIpc) is 2.27. The van der Waals surface area contributed by atoms with Gasteiger partial charge in [0.1, 0.15) is 0 Å². The van der Waals surface area contributed by atoms with Crippen LogP contribution in [0, 0.1) is 11.3 Å². The third-order valence-electron chi connectivity index (χ3n) is 4.71. The molecule has 2 aliphatic rings. The molecule has 0 saturated heterocycles. The third kappa shape index (κ3) is 3.04. The van der Waals surface area contributed by atoms with Crippen LogP contribution in [0.4, 0.5) is 13.2 Å². The van der Waals surface area contributed by atoms with E-state index >= 15 is 0 Å². The zero-order valence-electron chi connectivity index (χ0n) is 10.9. The van der Waals surface area contributed by atoms with Gasteiger partial charge < -0.3 is 11.1 Å². The summed E-state index contributed by atoms with van der Waals surface area (Å²) in [6.07, 6.45) is -0.436. The fourth-order valence-electron chi connectivity index (χ4n) is 3.03. The molecule has 0 spiro atoms. The Hall–Kier alpha value is -0.780. The van der Waals surface area contributed by atoms with Gasteiger partial charge in [-0.15, -0.1) is 0 Å². The Morgan fingerprint density at radius 1 is 1.21 bits per heavy atom. The fourth-order valence-corrected chi connectivity index (χ4v) is 3.03. The highest BCUT2D eigenvalue weighted by Crippen LogP contribution is 2.41. The lowest BCUT2D eigenvalue weighted by Gasteiger charge is -2.41. The maximum absolute atomic E-state index is 12.5. The lowest BCUT2D eigenvalue weighted by Crippen LogP contribution is -2.53. The molecule has 2 aliphatic carbocycles. The number of hydrogen-bond acceptors (Lipinski definition) is 2. The lowest BCUT2D eigenvalue weighted by atomic mass is 9.68. The van der Waals surface area contributed by atoms with E-state index in [1.165, 1.54) is 0 Å². The molecule has 0 aromatic heterocycles. The van der Waals surface area contributed by atoms with Gasteiger partial charge in [-0.2, -0.15) is 13.2 Å². The van der Waals surface area contributed by atoms with E-state index in [4.69, 9.17) is 5.73 Å². The van der Waals surface area contributed by atoms with E-state index in [0.717, 1.165) is 19.3 Å².